The van der Waals surface area contributed by atoms with Crippen molar-refractivity contribution in [1.82, 2.24) is 0 Å². The minimum absolute atomic E-state index is 0.000554. The maximum Gasteiger partial charge on any atom is 0.311 e. The van der Waals surface area contributed by atoms with Crippen LogP contribution < -0.4 is 0 Å². The van der Waals surface area contributed by atoms with E-state index >= 15 is 0 Å². The van der Waals surface area contributed by atoms with Crippen molar-refractivity contribution < 1.29 is 9.53 Å². The van der Waals surface area contributed by atoms with E-state index in [9.17, 15) is 4.79 Å². The van der Waals surface area contributed by atoms with Crippen molar-refractivity contribution >= 4 is 5.97 Å². The first-order valence-electron chi connectivity index (χ1n) is 13.9. The van der Waals surface area contributed by atoms with Crippen molar-refractivity contribution in [3.8, 4) is 11.1 Å². The second-order valence-corrected chi connectivity index (χ2v) is 11.2. The highest BCUT2D eigenvalue weighted by atomic mass is 16.5. The predicted octanol–water partition coefficient (Wildman–Crippen LogP) is 9.04. The predicted molar refractivity (Wildman–Crippen MR) is 142 cm³/mol. The Morgan fingerprint density at radius 1 is 0.765 bits per heavy atom. The topological polar surface area (TPSA) is 26.3 Å². The van der Waals surface area contributed by atoms with Crippen LogP contribution in [0.4, 0.5) is 0 Å². The number of rotatable bonds is 8. The van der Waals surface area contributed by atoms with E-state index in [1.54, 1.807) is 0 Å². The van der Waals surface area contributed by atoms with E-state index in [4.69, 9.17) is 4.74 Å². The summed E-state index contributed by atoms with van der Waals surface area (Å²) in [4.78, 5) is 12.5. The minimum Gasteiger partial charge on any atom is -0.465 e. The Morgan fingerprint density at radius 2 is 1.26 bits per heavy atom. The second-order valence-electron chi connectivity index (χ2n) is 11.2. The number of hydrogen-bond donors (Lipinski definition) is 0. The molecule has 0 saturated heterocycles. The SMILES string of the molecule is CCCOC(=O)C1(C)CCC(c2ccc(-c3ccc(C4CCC(CCC)CC4)cc3)cc2)CC1. The highest BCUT2D eigenvalue weighted by Gasteiger charge is 2.39. The standard InChI is InChI=1S/C32H44O2/c1-4-6-24-7-9-25(10-8-24)26-11-13-27(14-12-26)28-15-17-29(18-16-28)30-19-21-32(3,22-20-30)31(33)34-23-5-2/h11-18,24-25,30H,4-10,19-23H2,1-3H3. The monoisotopic (exact) mass is 460 g/mol. The molecule has 2 aromatic rings. The molecule has 2 fully saturated rings. The molecule has 2 aliphatic carbocycles. The van der Waals surface area contributed by atoms with Crippen LogP contribution in [0.25, 0.3) is 11.1 Å². The van der Waals surface area contributed by atoms with Crippen molar-refractivity contribution in [3.63, 3.8) is 0 Å². The summed E-state index contributed by atoms with van der Waals surface area (Å²) in [5, 5.41) is 0. The van der Waals surface area contributed by atoms with Crippen LogP contribution in [-0.4, -0.2) is 12.6 Å². The van der Waals surface area contributed by atoms with Crippen LogP contribution in [0.1, 0.15) is 114 Å². The molecule has 2 saturated carbocycles. The van der Waals surface area contributed by atoms with Crippen LogP contribution in [0, 0.1) is 11.3 Å². The molecule has 0 aromatic heterocycles. The van der Waals surface area contributed by atoms with E-state index in [1.165, 1.54) is 60.8 Å². The van der Waals surface area contributed by atoms with Gasteiger partial charge in [-0.3, -0.25) is 4.79 Å². The van der Waals surface area contributed by atoms with E-state index in [1.807, 2.05) is 6.92 Å². The maximum absolute atomic E-state index is 12.5. The summed E-state index contributed by atoms with van der Waals surface area (Å²) in [5.41, 5.74) is 5.24. The molecule has 0 heterocycles. The molecule has 2 aliphatic rings. The molecule has 0 bridgehead atoms. The third-order valence-electron chi connectivity index (χ3n) is 8.66. The number of benzene rings is 2. The molecule has 2 nitrogen and oxygen atoms in total. The number of hydrogen-bond acceptors (Lipinski definition) is 2. The van der Waals surface area contributed by atoms with Crippen LogP contribution in [0.5, 0.6) is 0 Å². The molecule has 0 spiro atoms. The van der Waals surface area contributed by atoms with E-state index in [-0.39, 0.29) is 11.4 Å². The van der Waals surface area contributed by atoms with Crippen LogP contribution in [-0.2, 0) is 9.53 Å². The average molecular weight is 461 g/mol. The number of esters is 1. The van der Waals surface area contributed by atoms with Gasteiger partial charge in [0, 0.05) is 0 Å². The van der Waals surface area contributed by atoms with Crippen molar-refractivity contribution in [3.05, 3.63) is 59.7 Å². The van der Waals surface area contributed by atoms with Crippen molar-refractivity contribution in [2.45, 2.75) is 103 Å². The van der Waals surface area contributed by atoms with Gasteiger partial charge in [-0.2, -0.15) is 0 Å². The molecule has 2 heteroatoms. The molecular formula is C32H44O2. The fourth-order valence-electron chi connectivity index (χ4n) is 6.25. The highest BCUT2D eigenvalue weighted by Crippen LogP contribution is 2.44. The summed E-state index contributed by atoms with van der Waals surface area (Å²) in [6, 6.07) is 18.5. The van der Waals surface area contributed by atoms with E-state index in [0.717, 1.165) is 43.9 Å². The Bertz CT molecular complexity index is 895. The van der Waals surface area contributed by atoms with Gasteiger partial charge in [0.2, 0.25) is 0 Å². The molecule has 34 heavy (non-hydrogen) atoms. The maximum atomic E-state index is 12.5. The minimum atomic E-state index is -0.303. The summed E-state index contributed by atoms with van der Waals surface area (Å²) in [6.07, 6.45) is 13.1. The second kappa shape index (κ2) is 11.6. The molecule has 0 atom stereocenters. The highest BCUT2D eigenvalue weighted by molar-refractivity contribution is 5.76. The Hall–Kier alpha value is -2.09. The van der Waals surface area contributed by atoms with Gasteiger partial charge in [-0.1, -0.05) is 75.2 Å². The van der Waals surface area contributed by atoms with Crippen LogP contribution in [0.15, 0.2) is 48.5 Å². The molecule has 0 amide bonds. The Balaban J connectivity index is 1.32. The van der Waals surface area contributed by atoms with Gasteiger partial charge in [0.15, 0.2) is 0 Å². The first-order chi connectivity index (χ1) is 16.5. The van der Waals surface area contributed by atoms with Gasteiger partial charge in [-0.05, 0) is 105 Å². The third-order valence-corrected chi connectivity index (χ3v) is 8.66. The lowest BCUT2D eigenvalue weighted by atomic mass is 9.70. The smallest absolute Gasteiger partial charge is 0.311 e. The average Bonchev–Trinajstić information content (AvgIpc) is 2.88. The lowest BCUT2D eigenvalue weighted by Gasteiger charge is -2.35. The molecule has 184 valence electrons. The van der Waals surface area contributed by atoms with Gasteiger partial charge in [0.25, 0.3) is 0 Å². The quantitative estimate of drug-likeness (QED) is 0.367. The van der Waals surface area contributed by atoms with E-state index < -0.39 is 0 Å². The Labute approximate surface area is 207 Å². The summed E-state index contributed by atoms with van der Waals surface area (Å²) >= 11 is 0. The van der Waals surface area contributed by atoms with Crippen LogP contribution >= 0.6 is 0 Å². The summed E-state index contributed by atoms with van der Waals surface area (Å²) < 4.78 is 5.46. The zero-order valence-electron chi connectivity index (χ0n) is 21.7. The van der Waals surface area contributed by atoms with E-state index in [2.05, 4.69) is 62.4 Å². The van der Waals surface area contributed by atoms with Crippen molar-refractivity contribution in [1.29, 1.82) is 0 Å². The molecule has 2 aromatic carbocycles. The van der Waals surface area contributed by atoms with Crippen molar-refractivity contribution in [2.24, 2.45) is 11.3 Å². The Morgan fingerprint density at radius 3 is 1.74 bits per heavy atom. The molecule has 0 N–H and O–H groups in total. The largest absolute Gasteiger partial charge is 0.465 e. The lowest BCUT2D eigenvalue weighted by Crippen LogP contribution is -2.34. The summed E-state index contributed by atoms with van der Waals surface area (Å²) in [6.45, 7) is 6.99. The van der Waals surface area contributed by atoms with Gasteiger partial charge < -0.3 is 4.74 Å². The Kier molecular flexibility index (Phi) is 8.51. The normalized spacial score (nSPS) is 27.3. The molecule has 0 aliphatic heterocycles. The fraction of sp³-hybridized carbons (Fsp3) is 0.594. The zero-order chi connectivity index (χ0) is 24.0. The summed E-state index contributed by atoms with van der Waals surface area (Å²) in [7, 11) is 0. The molecular weight excluding hydrogens is 416 g/mol. The van der Waals surface area contributed by atoms with Crippen LogP contribution in [0.3, 0.4) is 0 Å². The van der Waals surface area contributed by atoms with Gasteiger partial charge in [-0.25, -0.2) is 0 Å². The zero-order valence-corrected chi connectivity index (χ0v) is 21.7. The van der Waals surface area contributed by atoms with Gasteiger partial charge in [0.05, 0.1) is 12.0 Å². The molecule has 4 rings (SSSR count). The molecule has 0 radical (unpaired) electrons. The van der Waals surface area contributed by atoms with Gasteiger partial charge in [0.1, 0.15) is 0 Å². The first-order valence-corrected chi connectivity index (χ1v) is 13.9. The molecule has 0 unspecified atom stereocenters. The van der Waals surface area contributed by atoms with E-state index in [0.29, 0.717) is 12.5 Å². The number of carbonyl (C=O) groups excluding carboxylic acids is 1. The first kappa shape index (κ1) is 25.0. The third kappa shape index (κ3) is 5.93. The number of carbonyl (C=O) groups is 1. The number of ether oxygens (including phenoxy) is 1. The van der Waals surface area contributed by atoms with Gasteiger partial charge >= 0.3 is 5.97 Å². The lowest BCUT2D eigenvalue weighted by molar-refractivity contribution is -0.157. The van der Waals surface area contributed by atoms with Gasteiger partial charge in [-0.15, -0.1) is 0 Å². The summed E-state index contributed by atoms with van der Waals surface area (Å²) in [5.74, 6) is 2.26. The van der Waals surface area contributed by atoms with Crippen molar-refractivity contribution in [2.75, 3.05) is 6.61 Å². The fourth-order valence-corrected chi connectivity index (χ4v) is 6.25. The van der Waals surface area contributed by atoms with Crippen LogP contribution in [0.2, 0.25) is 0 Å².